The van der Waals surface area contributed by atoms with Gasteiger partial charge in [0.2, 0.25) is 0 Å². The Balaban J connectivity index is 1.51. The average Bonchev–Trinajstić information content (AvgIpc) is 3.18. The highest BCUT2D eigenvalue weighted by molar-refractivity contribution is 5.55. The standard InChI is InChI=1S/C24H21F2N5/c1-16-10-19(14-27-13-16)24-29-28-22-15-30(8-9-31(22)24)23(17-4-2-6-20(25)11-17)18-5-3-7-21(26)12-18/h2-7,10-14,23H,8-9,15H2,1H3. The molecule has 2 aromatic heterocycles. The van der Waals surface area contributed by atoms with Gasteiger partial charge >= 0.3 is 0 Å². The summed E-state index contributed by atoms with van der Waals surface area (Å²) in [4.78, 5) is 6.45. The molecule has 0 saturated heterocycles. The molecule has 0 fully saturated rings. The van der Waals surface area contributed by atoms with Crippen LogP contribution in [-0.2, 0) is 13.1 Å². The van der Waals surface area contributed by atoms with E-state index >= 15 is 0 Å². The van der Waals surface area contributed by atoms with Crippen LogP contribution >= 0.6 is 0 Å². The fourth-order valence-electron chi connectivity index (χ4n) is 4.26. The predicted molar refractivity (Wildman–Crippen MR) is 113 cm³/mol. The van der Waals surface area contributed by atoms with Gasteiger partial charge in [-0.1, -0.05) is 24.3 Å². The van der Waals surface area contributed by atoms with Crippen LogP contribution in [0.4, 0.5) is 8.78 Å². The highest BCUT2D eigenvalue weighted by atomic mass is 19.1. The zero-order chi connectivity index (χ0) is 21.4. The van der Waals surface area contributed by atoms with E-state index < -0.39 is 0 Å². The number of rotatable bonds is 4. The predicted octanol–water partition coefficient (Wildman–Crippen LogP) is 4.53. The van der Waals surface area contributed by atoms with Crippen LogP contribution in [0.5, 0.6) is 0 Å². The van der Waals surface area contributed by atoms with Crippen molar-refractivity contribution in [3.63, 3.8) is 0 Å². The van der Waals surface area contributed by atoms with Crippen LogP contribution in [0.2, 0.25) is 0 Å². The van der Waals surface area contributed by atoms with E-state index in [1.165, 1.54) is 24.3 Å². The van der Waals surface area contributed by atoms with Crippen molar-refractivity contribution >= 4 is 0 Å². The third-order valence-electron chi connectivity index (χ3n) is 5.61. The molecular weight excluding hydrogens is 396 g/mol. The van der Waals surface area contributed by atoms with Crippen LogP contribution in [0.3, 0.4) is 0 Å². The lowest BCUT2D eigenvalue weighted by atomic mass is 9.96. The number of hydrogen-bond acceptors (Lipinski definition) is 4. The first-order valence-corrected chi connectivity index (χ1v) is 10.2. The fourth-order valence-corrected chi connectivity index (χ4v) is 4.26. The van der Waals surface area contributed by atoms with Crippen molar-refractivity contribution in [2.24, 2.45) is 0 Å². The quantitative estimate of drug-likeness (QED) is 0.489. The molecule has 0 unspecified atom stereocenters. The van der Waals surface area contributed by atoms with E-state index in [0.717, 1.165) is 33.9 Å². The van der Waals surface area contributed by atoms with Gasteiger partial charge in [0.15, 0.2) is 5.82 Å². The number of nitrogens with zero attached hydrogens (tertiary/aromatic N) is 5. The number of fused-ring (bicyclic) bond motifs is 1. The van der Waals surface area contributed by atoms with Crippen molar-refractivity contribution in [3.05, 3.63) is 101 Å². The summed E-state index contributed by atoms with van der Waals surface area (Å²) in [6.45, 7) is 3.87. The molecule has 1 aliphatic heterocycles. The molecule has 2 aromatic carbocycles. The van der Waals surface area contributed by atoms with Crippen LogP contribution in [0.25, 0.3) is 11.4 Å². The second-order valence-electron chi connectivity index (χ2n) is 7.83. The largest absolute Gasteiger partial charge is 0.309 e. The molecule has 0 N–H and O–H groups in total. The van der Waals surface area contributed by atoms with Crippen LogP contribution in [0.1, 0.15) is 28.6 Å². The Bertz CT molecular complexity index is 1190. The van der Waals surface area contributed by atoms with Crippen molar-refractivity contribution in [2.75, 3.05) is 6.54 Å². The zero-order valence-corrected chi connectivity index (χ0v) is 17.0. The summed E-state index contributed by atoms with van der Waals surface area (Å²) in [5.41, 5.74) is 3.55. The first-order chi connectivity index (χ1) is 15.1. The Labute approximate surface area is 179 Å². The second kappa shape index (κ2) is 8.00. The van der Waals surface area contributed by atoms with Crippen LogP contribution in [-0.4, -0.2) is 31.2 Å². The van der Waals surface area contributed by atoms with Gasteiger partial charge in [-0.05, 0) is 53.9 Å². The van der Waals surface area contributed by atoms with Crippen molar-refractivity contribution in [1.82, 2.24) is 24.6 Å². The van der Waals surface area contributed by atoms with E-state index in [1.807, 2.05) is 25.1 Å². The Morgan fingerprint density at radius 3 is 2.23 bits per heavy atom. The van der Waals surface area contributed by atoms with Gasteiger partial charge in [-0.3, -0.25) is 9.88 Å². The van der Waals surface area contributed by atoms with E-state index in [2.05, 4.69) is 24.6 Å². The van der Waals surface area contributed by atoms with E-state index in [4.69, 9.17) is 0 Å². The van der Waals surface area contributed by atoms with Crippen LogP contribution in [0, 0.1) is 18.6 Å². The smallest absolute Gasteiger partial charge is 0.165 e. The molecule has 0 atom stereocenters. The van der Waals surface area contributed by atoms with Gasteiger partial charge in [0, 0.05) is 31.0 Å². The number of benzene rings is 2. The van der Waals surface area contributed by atoms with Gasteiger partial charge < -0.3 is 4.57 Å². The minimum atomic E-state index is -0.312. The number of aromatic nitrogens is 4. The second-order valence-corrected chi connectivity index (χ2v) is 7.83. The topological polar surface area (TPSA) is 46.8 Å². The van der Waals surface area contributed by atoms with Gasteiger partial charge in [-0.2, -0.15) is 0 Å². The highest BCUT2D eigenvalue weighted by Gasteiger charge is 2.29. The van der Waals surface area contributed by atoms with Crippen molar-refractivity contribution < 1.29 is 8.78 Å². The molecule has 0 aliphatic carbocycles. The summed E-state index contributed by atoms with van der Waals surface area (Å²) < 4.78 is 30.2. The first kappa shape index (κ1) is 19.5. The molecule has 4 aromatic rings. The summed E-state index contributed by atoms with van der Waals surface area (Å²) in [5.74, 6) is 0.987. The zero-order valence-electron chi connectivity index (χ0n) is 17.0. The Hall–Kier alpha value is -3.45. The lowest BCUT2D eigenvalue weighted by molar-refractivity contribution is 0.176. The Morgan fingerprint density at radius 2 is 1.58 bits per heavy atom. The molecule has 0 radical (unpaired) electrons. The van der Waals surface area contributed by atoms with Gasteiger partial charge in [-0.25, -0.2) is 8.78 Å². The number of aryl methyl sites for hydroxylation is 1. The Morgan fingerprint density at radius 1 is 0.871 bits per heavy atom. The van der Waals surface area contributed by atoms with Gasteiger partial charge in [-0.15, -0.1) is 10.2 Å². The van der Waals surface area contributed by atoms with E-state index in [0.29, 0.717) is 19.6 Å². The van der Waals surface area contributed by atoms with Crippen molar-refractivity contribution in [3.8, 4) is 11.4 Å². The summed E-state index contributed by atoms with van der Waals surface area (Å²) in [6.07, 6.45) is 3.60. The molecule has 0 saturated carbocycles. The maximum atomic E-state index is 14.0. The molecule has 156 valence electrons. The van der Waals surface area contributed by atoms with Crippen LogP contribution < -0.4 is 0 Å². The third-order valence-corrected chi connectivity index (χ3v) is 5.61. The minimum absolute atomic E-state index is 0.291. The van der Waals surface area contributed by atoms with Crippen molar-refractivity contribution in [2.45, 2.75) is 26.1 Å². The van der Waals surface area contributed by atoms with E-state index in [1.54, 1.807) is 24.5 Å². The molecular formula is C24H21F2N5. The maximum Gasteiger partial charge on any atom is 0.165 e. The molecule has 5 nitrogen and oxygen atoms in total. The van der Waals surface area contributed by atoms with E-state index in [-0.39, 0.29) is 17.7 Å². The molecule has 1 aliphatic rings. The molecule has 0 spiro atoms. The van der Waals surface area contributed by atoms with Crippen molar-refractivity contribution in [1.29, 1.82) is 0 Å². The Kier molecular flexibility index (Phi) is 5.03. The fraction of sp³-hybridized carbons (Fsp3) is 0.208. The lowest BCUT2D eigenvalue weighted by Gasteiger charge is -2.35. The normalized spacial score (nSPS) is 14.1. The highest BCUT2D eigenvalue weighted by Crippen LogP contribution is 2.33. The number of halogens is 2. The average molecular weight is 417 g/mol. The summed E-state index contributed by atoms with van der Waals surface area (Å²) in [6, 6.07) is 14.7. The summed E-state index contributed by atoms with van der Waals surface area (Å²) in [5, 5.41) is 8.82. The molecule has 0 amide bonds. The van der Waals surface area contributed by atoms with Crippen LogP contribution in [0.15, 0.2) is 67.0 Å². The third kappa shape index (κ3) is 3.84. The summed E-state index contributed by atoms with van der Waals surface area (Å²) in [7, 11) is 0. The molecule has 0 bridgehead atoms. The van der Waals surface area contributed by atoms with Gasteiger partial charge in [0.1, 0.15) is 17.5 Å². The maximum absolute atomic E-state index is 14.0. The number of pyridine rings is 1. The summed E-state index contributed by atoms with van der Waals surface area (Å²) >= 11 is 0. The SMILES string of the molecule is Cc1cncc(-c2nnc3n2CCN(C(c2cccc(F)c2)c2cccc(F)c2)C3)c1. The lowest BCUT2D eigenvalue weighted by Crippen LogP contribution is -2.37. The molecule has 3 heterocycles. The molecule has 5 rings (SSSR count). The van der Waals surface area contributed by atoms with Gasteiger partial charge in [0.05, 0.1) is 12.6 Å². The molecule has 31 heavy (non-hydrogen) atoms. The minimum Gasteiger partial charge on any atom is -0.309 e. The van der Waals surface area contributed by atoms with Gasteiger partial charge in [0.25, 0.3) is 0 Å². The number of hydrogen-bond donors (Lipinski definition) is 0. The monoisotopic (exact) mass is 417 g/mol. The first-order valence-electron chi connectivity index (χ1n) is 10.2. The molecule has 7 heteroatoms. The van der Waals surface area contributed by atoms with E-state index in [9.17, 15) is 8.78 Å².